The first-order valence-electron chi connectivity index (χ1n) is 7.80. The number of para-hydroxylation sites is 1. The first-order chi connectivity index (χ1) is 11.6. The molecule has 0 fully saturated rings. The summed E-state index contributed by atoms with van der Waals surface area (Å²) in [6.45, 7) is 3.99. The number of nitrogens with zero attached hydrogens (tertiary/aromatic N) is 1. The van der Waals surface area contributed by atoms with Crippen LogP contribution in [0.1, 0.15) is 22.4 Å². The third-order valence-corrected chi connectivity index (χ3v) is 4.14. The van der Waals surface area contributed by atoms with Crippen LogP contribution in [0.2, 0.25) is 0 Å². The van der Waals surface area contributed by atoms with Gasteiger partial charge in [-0.2, -0.15) is 0 Å². The Morgan fingerprint density at radius 1 is 1.17 bits per heavy atom. The number of terminal acetylenes is 1. The van der Waals surface area contributed by atoms with Crippen molar-refractivity contribution < 1.29 is 4.79 Å². The number of carbonyl (C=O) groups excluding carboxylic acids is 1. The highest BCUT2D eigenvalue weighted by atomic mass is 16.1. The van der Waals surface area contributed by atoms with Gasteiger partial charge in [-0.3, -0.25) is 9.78 Å². The molecule has 0 saturated heterocycles. The fourth-order valence-corrected chi connectivity index (χ4v) is 2.88. The summed E-state index contributed by atoms with van der Waals surface area (Å²) in [5, 5.41) is 3.99. The normalized spacial score (nSPS) is 10.4. The summed E-state index contributed by atoms with van der Waals surface area (Å²) in [4.78, 5) is 17.0. The van der Waals surface area contributed by atoms with Crippen molar-refractivity contribution in [1.82, 2.24) is 4.98 Å². The van der Waals surface area contributed by atoms with Gasteiger partial charge in [0.2, 0.25) is 5.91 Å². The Morgan fingerprint density at radius 3 is 2.75 bits per heavy atom. The number of nitrogens with one attached hydrogen (secondary N) is 1. The maximum Gasteiger partial charge on any atom is 0.228 e. The fourth-order valence-electron chi connectivity index (χ4n) is 2.88. The van der Waals surface area contributed by atoms with Crippen LogP contribution in [-0.2, 0) is 11.2 Å². The molecule has 118 valence electrons. The third kappa shape index (κ3) is 3.13. The molecular formula is C21H18N2O. The lowest BCUT2D eigenvalue weighted by Crippen LogP contribution is -2.16. The van der Waals surface area contributed by atoms with Crippen molar-refractivity contribution in [3.8, 4) is 12.3 Å². The summed E-state index contributed by atoms with van der Waals surface area (Å²) in [6.07, 6.45) is 5.68. The predicted molar refractivity (Wildman–Crippen MR) is 97.9 cm³/mol. The van der Waals surface area contributed by atoms with Gasteiger partial charge in [-0.15, -0.1) is 6.42 Å². The van der Waals surface area contributed by atoms with E-state index in [1.165, 1.54) is 0 Å². The molecule has 24 heavy (non-hydrogen) atoms. The van der Waals surface area contributed by atoms with Gasteiger partial charge in [-0.1, -0.05) is 30.2 Å². The number of pyridine rings is 1. The number of aromatic nitrogens is 1. The van der Waals surface area contributed by atoms with Crippen molar-refractivity contribution >= 4 is 22.5 Å². The van der Waals surface area contributed by atoms with Crippen molar-refractivity contribution in [3.05, 3.63) is 70.9 Å². The van der Waals surface area contributed by atoms with Gasteiger partial charge in [0.15, 0.2) is 0 Å². The van der Waals surface area contributed by atoms with E-state index in [2.05, 4.69) is 16.2 Å². The van der Waals surface area contributed by atoms with E-state index in [1.54, 1.807) is 6.07 Å². The number of fused-ring (bicyclic) bond motifs is 1. The number of aryl methyl sites for hydroxylation is 2. The number of hydrogen-bond acceptors (Lipinski definition) is 2. The lowest BCUT2D eigenvalue weighted by atomic mass is 9.99. The molecule has 0 aliphatic carbocycles. The summed E-state index contributed by atoms with van der Waals surface area (Å²) in [6, 6.07) is 15.3. The molecule has 1 aromatic heterocycles. The molecule has 0 saturated carbocycles. The van der Waals surface area contributed by atoms with Crippen molar-refractivity contribution in [2.24, 2.45) is 0 Å². The molecule has 2 aromatic carbocycles. The largest absolute Gasteiger partial charge is 0.326 e. The van der Waals surface area contributed by atoms with Crippen LogP contribution in [0.4, 0.5) is 5.69 Å². The van der Waals surface area contributed by atoms with E-state index in [-0.39, 0.29) is 12.3 Å². The van der Waals surface area contributed by atoms with Crippen LogP contribution in [0.3, 0.4) is 0 Å². The lowest BCUT2D eigenvalue weighted by molar-refractivity contribution is -0.115. The van der Waals surface area contributed by atoms with E-state index in [9.17, 15) is 4.79 Å². The molecule has 0 bridgehead atoms. The molecule has 3 aromatic rings. The van der Waals surface area contributed by atoms with E-state index >= 15 is 0 Å². The van der Waals surface area contributed by atoms with Gasteiger partial charge in [0.1, 0.15) is 0 Å². The number of hydrogen-bond donors (Lipinski definition) is 1. The van der Waals surface area contributed by atoms with Crippen LogP contribution in [0.15, 0.2) is 48.5 Å². The van der Waals surface area contributed by atoms with Crippen LogP contribution in [0.25, 0.3) is 10.9 Å². The third-order valence-electron chi connectivity index (χ3n) is 4.14. The monoisotopic (exact) mass is 314 g/mol. The summed E-state index contributed by atoms with van der Waals surface area (Å²) < 4.78 is 0. The summed E-state index contributed by atoms with van der Waals surface area (Å²) >= 11 is 0. The molecule has 3 rings (SSSR count). The molecule has 3 nitrogen and oxygen atoms in total. The van der Waals surface area contributed by atoms with E-state index < -0.39 is 0 Å². The van der Waals surface area contributed by atoms with E-state index in [0.29, 0.717) is 5.69 Å². The standard InChI is InChI=1S/C21H18N2O/c1-4-16-8-7-9-17(12-16)23-21(24)13-19-14(2)18-10-5-6-11-20(18)22-15(19)3/h1,5-12H,13H2,2-3H3,(H,23,24). The van der Waals surface area contributed by atoms with Gasteiger partial charge in [0, 0.05) is 22.3 Å². The highest BCUT2D eigenvalue weighted by Crippen LogP contribution is 2.23. The molecule has 0 radical (unpaired) electrons. The number of benzene rings is 2. The molecule has 0 atom stereocenters. The van der Waals surface area contributed by atoms with E-state index in [0.717, 1.165) is 33.3 Å². The van der Waals surface area contributed by atoms with Crippen molar-refractivity contribution in [1.29, 1.82) is 0 Å². The topological polar surface area (TPSA) is 42.0 Å². The second-order valence-corrected chi connectivity index (χ2v) is 5.77. The zero-order valence-corrected chi connectivity index (χ0v) is 13.8. The minimum atomic E-state index is -0.0764. The Balaban J connectivity index is 1.86. The average molecular weight is 314 g/mol. The van der Waals surface area contributed by atoms with Gasteiger partial charge >= 0.3 is 0 Å². The van der Waals surface area contributed by atoms with E-state index in [4.69, 9.17) is 6.42 Å². The summed E-state index contributed by atoms with van der Waals surface area (Å²) in [7, 11) is 0. The van der Waals surface area contributed by atoms with E-state index in [1.807, 2.05) is 56.3 Å². The molecule has 0 spiro atoms. The van der Waals surface area contributed by atoms with Crippen LogP contribution >= 0.6 is 0 Å². The SMILES string of the molecule is C#Cc1cccc(NC(=O)Cc2c(C)nc3ccccc3c2C)c1. The Kier molecular flexibility index (Phi) is 4.31. The number of anilines is 1. The minimum absolute atomic E-state index is 0.0764. The second kappa shape index (κ2) is 6.55. The van der Waals surface area contributed by atoms with Crippen LogP contribution in [0.5, 0.6) is 0 Å². The fraction of sp³-hybridized carbons (Fsp3) is 0.143. The summed E-state index contributed by atoms with van der Waals surface area (Å²) in [5.74, 6) is 2.49. The molecule has 1 amide bonds. The minimum Gasteiger partial charge on any atom is -0.326 e. The van der Waals surface area contributed by atoms with Crippen LogP contribution in [-0.4, -0.2) is 10.9 Å². The van der Waals surface area contributed by atoms with Crippen LogP contribution in [0, 0.1) is 26.2 Å². The average Bonchev–Trinajstić information content (AvgIpc) is 2.59. The second-order valence-electron chi connectivity index (χ2n) is 5.77. The van der Waals surface area contributed by atoms with Crippen LogP contribution < -0.4 is 5.32 Å². The molecule has 3 heteroatoms. The van der Waals surface area contributed by atoms with Crippen molar-refractivity contribution in [2.45, 2.75) is 20.3 Å². The Bertz CT molecular complexity index is 967. The Hall–Kier alpha value is -3.12. The van der Waals surface area contributed by atoms with Crippen molar-refractivity contribution in [3.63, 3.8) is 0 Å². The van der Waals surface area contributed by atoms with Gasteiger partial charge in [-0.05, 0) is 49.2 Å². The van der Waals surface area contributed by atoms with Gasteiger partial charge < -0.3 is 5.32 Å². The number of rotatable bonds is 3. The number of carbonyl (C=O) groups is 1. The quantitative estimate of drug-likeness (QED) is 0.742. The first-order valence-corrected chi connectivity index (χ1v) is 7.80. The van der Waals surface area contributed by atoms with Crippen molar-refractivity contribution in [2.75, 3.05) is 5.32 Å². The molecular weight excluding hydrogens is 296 g/mol. The molecule has 0 unspecified atom stereocenters. The highest BCUT2D eigenvalue weighted by Gasteiger charge is 2.13. The summed E-state index contributed by atoms with van der Waals surface area (Å²) in [5.41, 5.74) is 5.37. The maximum absolute atomic E-state index is 12.4. The molecule has 1 heterocycles. The van der Waals surface area contributed by atoms with Gasteiger partial charge in [0.05, 0.1) is 11.9 Å². The molecule has 0 aliphatic heterocycles. The maximum atomic E-state index is 12.4. The Labute approximate surface area is 141 Å². The lowest BCUT2D eigenvalue weighted by Gasteiger charge is -2.13. The predicted octanol–water partition coefficient (Wildman–Crippen LogP) is 4.01. The van der Waals surface area contributed by atoms with Gasteiger partial charge in [-0.25, -0.2) is 0 Å². The first kappa shape index (κ1) is 15.8. The highest BCUT2D eigenvalue weighted by molar-refractivity contribution is 5.94. The van der Waals surface area contributed by atoms with Gasteiger partial charge in [0.25, 0.3) is 0 Å². The molecule has 1 N–H and O–H groups in total. The zero-order chi connectivity index (χ0) is 17.1. The molecule has 0 aliphatic rings. The zero-order valence-electron chi connectivity index (χ0n) is 13.8. The Morgan fingerprint density at radius 2 is 1.96 bits per heavy atom. The smallest absolute Gasteiger partial charge is 0.228 e. The number of amides is 1.